The van der Waals surface area contributed by atoms with Gasteiger partial charge in [-0.1, -0.05) is 0 Å². The van der Waals surface area contributed by atoms with Gasteiger partial charge < -0.3 is 14.4 Å². The van der Waals surface area contributed by atoms with Gasteiger partial charge in [-0.05, 0) is 30.7 Å². The maximum Gasteiger partial charge on any atom is 0.243 e. The zero-order valence-corrected chi connectivity index (χ0v) is 14.0. The fourth-order valence-corrected chi connectivity index (χ4v) is 3.94. The fourth-order valence-electron chi connectivity index (χ4n) is 2.52. The van der Waals surface area contributed by atoms with Gasteiger partial charge in [-0.15, -0.1) is 0 Å². The Labute approximate surface area is 132 Å². The predicted molar refractivity (Wildman–Crippen MR) is 84.7 cm³/mol. The molecular formula is C15H24N2O4S. The van der Waals surface area contributed by atoms with E-state index in [-0.39, 0.29) is 0 Å². The molecule has 0 amide bonds. The van der Waals surface area contributed by atoms with Gasteiger partial charge in [0.05, 0.1) is 12.0 Å². The van der Waals surface area contributed by atoms with Crippen molar-refractivity contribution < 1.29 is 17.9 Å². The molecule has 0 aromatic heterocycles. The van der Waals surface area contributed by atoms with Gasteiger partial charge in [-0.2, -0.15) is 4.31 Å². The first kappa shape index (κ1) is 17.2. The number of methoxy groups -OCH3 is 2. The Balaban J connectivity index is 1.94. The number of piperazine rings is 1. The van der Waals surface area contributed by atoms with Crippen LogP contribution < -0.4 is 4.74 Å². The Hall–Kier alpha value is -1.15. The highest BCUT2D eigenvalue weighted by molar-refractivity contribution is 7.89. The van der Waals surface area contributed by atoms with Gasteiger partial charge >= 0.3 is 0 Å². The van der Waals surface area contributed by atoms with Gasteiger partial charge in [0.25, 0.3) is 0 Å². The van der Waals surface area contributed by atoms with Crippen molar-refractivity contribution in [3.8, 4) is 5.75 Å². The number of benzene rings is 1. The van der Waals surface area contributed by atoms with E-state index in [2.05, 4.69) is 4.90 Å². The van der Waals surface area contributed by atoms with E-state index in [0.717, 1.165) is 32.7 Å². The quantitative estimate of drug-likeness (QED) is 0.700. The second kappa shape index (κ2) is 7.92. The maximum absolute atomic E-state index is 12.6. The molecule has 0 unspecified atom stereocenters. The Kier molecular flexibility index (Phi) is 6.19. The topological polar surface area (TPSA) is 59.1 Å². The molecular weight excluding hydrogens is 304 g/mol. The molecule has 1 saturated heterocycles. The zero-order chi connectivity index (χ0) is 16.0. The third kappa shape index (κ3) is 4.19. The zero-order valence-electron chi connectivity index (χ0n) is 13.2. The van der Waals surface area contributed by atoms with E-state index < -0.39 is 10.0 Å². The number of sulfonamides is 1. The molecule has 1 fully saturated rings. The van der Waals surface area contributed by atoms with Gasteiger partial charge in [-0.3, -0.25) is 0 Å². The molecule has 1 aromatic rings. The van der Waals surface area contributed by atoms with E-state index in [1.54, 1.807) is 42.8 Å². The summed E-state index contributed by atoms with van der Waals surface area (Å²) in [4.78, 5) is 2.60. The van der Waals surface area contributed by atoms with Gasteiger partial charge in [0.15, 0.2) is 0 Å². The van der Waals surface area contributed by atoms with Crippen LogP contribution in [0.15, 0.2) is 29.2 Å². The molecule has 22 heavy (non-hydrogen) atoms. The van der Waals surface area contributed by atoms with Gasteiger partial charge in [0, 0.05) is 46.4 Å². The monoisotopic (exact) mass is 328 g/mol. The fraction of sp³-hybridized carbons (Fsp3) is 0.600. The molecule has 0 radical (unpaired) electrons. The molecule has 2 rings (SSSR count). The highest BCUT2D eigenvalue weighted by atomic mass is 32.2. The third-order valence-corrected chi connectivity index (χ3v) is 5.76. The molecule has 124 valence electrons. The summed E-state index contributed by atoms with van der Waals surface area (Å²) in [6.07, 6.45) is 0.974. The number of hydrogen-bond acceptors (Lipinski definition) is 5. The molecule has 0 bridgehead atoms. The van der Waals surface area contributed by atoms with Gasteiger partial charge in [0.2, 0.25) is 10.0 Å². The van der Waals surface area contributed by atoms with Crippen LogP contribution in [0.4, 0.5) is 0 Å². The van der Waals surface area contributed by atoms with Crippen molar-refractivity contribution in [1.82, 2.24) is 9.21 Å². The third-order valence-electron chi connectivity index (χ3n) is 3.85. The lowest BCUT2D eigenvalue weighted by molar-refractivity contribution is 0.149. The van der Waals surface area contributed by atoms with Gasteiger partial charge in [-0.25, -0.2) is 8.42 Å². The minimum absolute atomic E-state index is 0.320. The van der Waals surface area contributed by atoms with Crippen LogP contribution in [0, 0.1) is 0 Å². The number of hydrogen-bond donors (Lipinski definition) is 0. The molecule has 0 aliphatic carbocycles. The first-order chi connectivity index (χ1) is 10.6. The van der Waals surface area contributed by atoms with E-state index in [9.17, 15) is 8.42 Å². The van der Waals surface area contributed by atoms with Crippen molar-refractivity contribution in [3.63, 3.8) is 0 Å². The van der Waals surface area contributed by atoms with E-state index in [4.69, 9.17) is 9.47 Å². The number of rotatable bonds is 7. The van der Waals surface area contributed by atoms with Crippen LogP contribution in [-0.4, -0.2) is 71.2 Å². The van der Waals surface area contributed by atoms with Crippen molar-refractivity contribution >= 4 is 10.0 Å². The summed E-state index contributed by atoms with van der Waals surface area (Å²) in [5, 5.41) is 0. The molecule has 7 heteroatoms. The van der Waals surface area contributed by atoms with Crippen molar-refractivity contribution in [2.75, 3.05) is 53.6 Å². The number of nitrogens with zero attached hydrogens (tertiary/aromatic N) is 2. The first-order valence-corrected chi connectivity index (χ1v) is 8.87. The van der Waals surface area contributed by atoms with E-state index >= 15 is 0 Å². The van der Waals surface area contributed by atoms with Gasteiger partial charge in [0.1, 0.15) is 5.75 Å². The van der Waals surface area contributed by atoms with E-state index in [0.29, 0.717) is 23.7 Å². The van der Waals surface area contributed by atoms with Crippen LogP contribution in [0.3, 0.4) is 0 Å². The molecule has 0 N–H and O–H groups in total. The minimum atomic E-state index is -3.41. The molecule has 0 saturated carbocycles. The van der Waals surface area contributed by atoms with Crippen LogP contribution in [0.1, 0.15) is 6.42 Å². The summed E-state index contributed by atoms with van der Waals surface area (Å²) in [6.45, 7) is 4.27. The minimum Gasteiger partial charge on any atom is -0.497 e. The van der Waals surface area contributed by atoms with Crippen LogP contribution in [-0.2, 0) is 14.8 Å². The predicted octanol–water partition coefficient (Wildman–Crippen LogP) is 1.04. The lowest BCUT2D eigenvalue weighted by Crippen LogP contribution is -2.48. The Morgan fingerprint density at radius 2 is 1.68 bits per heavy atom. The maximum atomic E-state index is 12.6. The van der Waals surface area contributed by atoms with Crippen LogP contribution in [0.25, 0.3) is 0 Å². The molecule has 0 spiro atoms. The van der Waals surface area contributed by atoms with E-state index in [1.165, 1.54) is 0 Å². The average molecular weight is 328 g/mol. The Morgan fingerprint density at radius 3 is 2.23 bits per heavy atom. The highest BCUT2D eigenvalue weighted by Crippen LogP contribution is 2.20. The molecule has 1 heterocycles. The second-order valence-electron chi connectivity index (χ2n) is 5.27. The summed E-state index contributed by atoms with van der Waals surface area (Å²) >= 11 is 0. The number of ether oxygens (including phenoxy) is 2. The van der Waals surface area contributed by atoms with Crippen molar-refractivity contribution in [2.45, 2.75) is 11.3 Å². The van der Waals surface area contributed by atoms with E-state index in [1.807, 2.05) is 0 Å². The van der Waals surface area contributed by atoms with Crippen molar-refractivity contribution in [1.29, 1.82) is 0 Å². The summed E-state index contributed by atoms with van der Waals surface area (Å²) < 4.78 is 36.9. The lowest BCUT2D eigenvalue weighted by atomic mass is 10.3. The molecule has 1 aliphatic rings. The van der Waals surface area contributed by atoms with Crippen LogP contribution >= 0.6 is 0 Å². The standard InChI is InChI=1S/C15H24N2O4S/c1-20-13-3-8-16-9-11-17(12-10-16)22(18,19)15-6-4-14(21-2)5-7-15/h4-7H,3,8-13H2,1-2H3. The molecule has 6 nitrogen and oxygen atoms in total. The highest BCUT2D eigenvalue weighted by Gasteiger charge is 2.28. The summed E-state index contributed by atoms with van der Waals surface area (Å²) in [7, 11) is -0.154. The summed E-state index contributed by atoms with van der Waals surface area (Å²) in [6, 6.07) is 6.54. The average Bonchev–Trinajstić information content (AvgIpc) is 2.55. The van der Waals surface area contributed by atoms with Crippen LogP contribution in [0.2, 0.25) is 0 Å². The Morgan fingerprint density at radius 1 is 1.05 bits per heavy atom. The summed E-state index contributed by atoms with van der Waals surface area (Å²) in [5.41, 5.74) is 0. The summed E-state index contributed by atoms with van der Waals surface area (Å²) in [5.74, 6) is 0.655. The smallest absolute Gasteiger partial charge is 0.243 e. The lowest BCUT2D eigenvalue weighted by Gasteiger charge is -2.33. The van der Waals surface area contributed by atoms with Crippen molar-refractivity contribution in [3.05, 3.63) is 24.3 Å². The van der Waals surface area contributed by atoms with Crippen LogP contribution in [0.5, 0.6) is 5.75 Å². The first-order valence-electron chi connectivity index (χ1n) is 7.43. The molecule has 1 aromatic carbocycles. The largest absolute Gasteiger partial charge is 0.497 e. The SMILES string of the molecule is COCCCN1CCN(S(=O)(=O)c2ccc(OC)cc2)CC1. The molecule has 1 aliphatic heterocycles. The molecule has 0 atom stereocenters. The normalized spacial score (nSPS) is 17.5. The second-order valence-corrected chi connectivity index (χ2v) is 7.21. The Bertz CT molecular complexity index is 551. The van der Waals surface area contributed by atoms with Crippen molar-refractivity contribution in [2.24, 2.45) is 0 Å².